The highest BCUT2D eigenvalue weighted by Crippen LogP contribution is 2.29. The Morgan fingerprint density at radius 3 is 2.80 bits per heavy atom. The molecular weight excluding hydrogens is 397 g/mol. The van der Waals surface area contributed by atoms with E-state index in [1.54, 1.807) is 18.2 Å². The zero-order valence-electron chi connectivity index (χ0n) is 15.9. The van der Waals surface area contributed by atoms with Crippen molar-refractivity contribution in [1.82, 2.24) is 14.5 Å². The molecular formula is C20H19F3N6O. The summed E-state index contributed by atoms with van der Waals surface area (Å²) in [6.45, 7) is -1.89. The van der Waals surface area contributed by atoms with Gasteiger partial charge in [-0.1, -0.05) is 0 Å². The van der Waals surface area contributed by atoms with Crippen LogP contribution < -0.4 is 15.4 Å². The molecule has 2 atom stereocenters. The number of nitriles is 1. The third-order valence-corrected chi connectivity index (χ3v) is 5.05. The second-order valence-electron chi connectivity index (χ2n) is 7.09. The standard InChI is InChI=1S/C20H19F3N6O/c21-15-5-6-28(11-16(15)25)20-27-17-7-14(30-19(22)23)3-4-18(17)29(20)10-13-2-1-12(8-24)9-26-13/h1-4,7,9,15-16,19H,5-6,10-11,25H2/t15-,16-/m1/s1. The molecule has 2 aromatic heterocycles. The highest BCUT2D eigenvalue weighted by Gasteiger charge is 2.29. The number of halogens is 3. The number of nitrogens with two attached hydrogens (primary N) is 1. The second-order valence-corrected chi connectivity index (χ2v) is 7.09. The number of hydrogen-bond acceptors (Lipinski definition) is 6. The summed E-state index contributed by atoms with van der Waals surface area (Å²) in [7, 11) is 0. The molecule has 0 saturated carbocycles. The first-order valence-corrected chi connectivity index (χ1v) is 9.39. The van der Waals surface area contributed by atoms with Crippen LogP contribution in [0, 0.1) is 11.3 Å². The van der Waals surface area contributed by atoms with Gasteiger partial charge in [0.15, 0.2) is 0 Å². The predicted octanol–water partition coefficient (Wildman–Crippen LogP) is 2.83. The molecule has 0 aliphatic carbocycles. The molecule has 0 spiro atoms. The molecule has 30 heavy (non-hydrogen) atoms. The molecule has 1 saturated heterocycles. The number of alkyl halides is 3. The molecule has 10 heteroatoms. The van der Waals surface area contributed by atoms with E-state index in [0.717, 1.165) is 0 Å². The number of rotatable bonds is 5. The number of pyridine rings is 1. The summed E-state index contributed by atoms with van der Waals surface area (Å²) in [4.78, 5) is 10.8. The molecule has 156 valence electrons. The minimum Gasteiger partial charge on any atom is -0.435 e. The van der Waals surface area contributed by atoms with Crippen LogP contribution in [0.25, 0.3) is 11.0 Å². The molecule has 0 bridgehead atoms. The maximum atomic E-state index is 13.9. The van der Waals surface area contributed by atoms with Crippen LogP contribution in [0.4, 0.5) is 19.1 Å². The van der Waals surface area contributed by atoms with E-state index in [4.69, 9.17) is 11.0 Å². The van der Waals surface area contributed by atoms with Crippen LogP contribution in [0.2, 0.25) is 0 Å². The number of benzene rings is 1. The molecule has 3 aromatic rings. The van der Waals surface area contributed by atoms with Gasteiger partial charge in [-0.2, -0.15) is 14.0 Å². The zero-order chi connectivity index (χ0) is 21.3. The van der Waals surface area contributed by atoms with Gasteiger partial charge in [0.05, 0.1) is 34.9 Å². The van der Waals surface area contributed by atoms with E-state index in [9.17, 15) is 13.2 Å². The zero-order valence-corrected chi connectivity index (χ0v) is 15.9. The van der Waals surface area contributed by atoms with Crippen molar-refractivity contribution in [3.63, 3.8) is 0 Å². The van der Waals surface area contributed by atoms with Gasteiger partial charge in [0, 0.05) is 25.4 Å². The lowest BCUT2D eigenvalue weighted by Crippen LogP contribution is -2.50. The van der Waals surface area contributed by atoms with Crippen LogP contribution in [-0.4, -0.2) is 46.4 Å². The van der Waals surface area contributed by atoms with Gasteiger partial charge in [-0.15, -0.1) is 0 Å². The lowest BCUT2D eigenvalue weighted by Gasteiger charge is -2.34. The minimum absolute atomic E-state index is 0.00404. The first kappa shape index (κ1) is 20.0. The van der Waals surface area contributed by atoms with E-state index in [0.29, 0.717) is 41.3 Å². The Balaban J connectivity index is 1.74. The Labute approximate surface area is 170 Å². The maximum Gasteiger partial charge on any atom is 0.387 e. The summed E-state index contributed by atoms with van der Waals surface area (Å²) in [5.41, 5.74) is 8.20. The number of piperidine rings is 1. The number of fused-ring (bicyclic) bond motifs is 1. The van der Waals surface area contributed by atoms with Gasteiger partial charge in [-0.05, 0) is 30.7 Å². The fourth-order valence-electron chi connectivity index (χ4n) is 3.55. The predicted molar refractivity (Wildman–Crippen MR) is 104 cm³/mol. The number of anilines is 1. The molecule has 1 aliphatic heterocycles. The molecule has 3 heterocycles. The number of aromatic nitrogens is 3. The third-order valence-electron chi connectivity index (χ3n) is 5.05. The Hall–Kier alpha value is -3.32. The molecule has 4 rings (SSSR count). The molecule has 1 aromatic carbocycles. The van der Waals surface area contributed by atoms with Crippen LogP contribution >= 0.6 is 0 Å². The highest BCUT2D eigenvalue weighted by atomic mass is 19.3. The van der Waals surface area contributed by atoms with Gasteiger partial charge in [-0.3, -0.25) is 4.98 Å². The first-order chi connectivity index (χ1) is 14.4. The molecule has 7 nitrogen and oxygen atoms in total. The van der Waals surface area contributed by atoms with Crippen molar-refractivity contribution in [2.75, 3.05) is 18.0 Å². The van der Waals surface area contributed by atoms with Crippen molar-refractivity contribution >= 4 is 17.0 Å². The van der Waals surface area contributed by atoms with Crippen LogP contribution in [0.15, 0.2) is 36.5 Å². The maximum absolute atomic E-state index is 13.9. The van der Waals surface area contributed by atoms with E-state index >= 15 is 0 Å². The summed E-state index contributed by atoms with van der Waals surface area (Å²) in [5, 5.41) is 8.96. The molecule has 2 N–H and O–H groups in total. The Morgan fingerprint density at radius 1 is 1.30 bits per heavy atom. The molecule has 0 radical (unpaired) electrons. The van der Waals surface area contributed by atoms with E-state index in [-0.39, 0.29) is 18.7 Å². The second kappa shape index (κ2) is 8.20. The van der Waals surface area contributed by atoms with E-state index in [2.05, 4.69) is 14.7 Å². The largest absolute Gasteiger partial charge is 0.435 e. The highest BCUT2D eigenvalue weighted by molar-refractivity contribution is 5.80. The number of imidazole rings is 1. The Kier molecular flexibility index (Phi) is 5.46. The van der Waals surface area contributed by atoms with Crippen molar-refractivity contribution < 1.29 is 17.9 Å². The van der Waals surface area contributed by atoms with E-state index in [1.807, 2.05) is 15.5 Å². The molecule has 0 amide bonds. The van der Waals surface area contributed by atoms with Gasteiger partial charge in [0.1, 0.15) is 18.0 Å². The SMILES string of the molecule is N#Cc1ccc(Cn2c(N3CC[C@@H](F)[C@H](N)C3)nc3cc(OC(F)F)ccc32)nc1. The summed E-state index contributed by atoms with van der Waals surface area (Å²) >= 11 is 0. The normalized spacial score (nSPS) is 19.3. The lowest BCUT2D eigenvalue weighted by atomic mass is 10.1. The topological polar surface area (TPSA) is 93.0 Å². The average Bonchev–Trinajstić information content (AvgIpc) is 3.07. The van der Waals surface area contributed by atoms with Gasteiger partial charge >= 0.3 is 6.61 Å². The van der Waals surface area contributed by atoms with E-state index in [1.165, 1.54) is 18.3 Å². The van der Waals surface area contributed by atoms with Gasteiger partial charge in [0.25, 0.3) is 0 Å². The van der Waals surface area contributed by atoms with Crippen LogP contribution in [0.5, 0.6) is 5.75 Å². The first-order valence-electron chi connectivity index (χ1n) is 9.39. The lowest BCUT2D eigenvalue weighted by molar-refractivity contribution is -0.0497. The monoisotopic (exact) mass is 416 g/mol. The van der Waals surface area contributed by atoms with E-state index < -0.39 is 18.8 Å². The van der Waals surface area contributed by atoms with Gasteiger partial charge in [0.2, 0.25) is 5.95 Å². The van der Waals surface area contributed by atoms with Crippen molar-refractivity contribution in [3.05, 3.63) is 47.8 Å². The third kappa shape index (κ3) is 4.02. The van der Waals surface area contributed by atoms with Gasteiger partial charge < -0.3 is 19.9 Å². The quantitative estimate of drug-likeness (QED) is 0.688. The van der Waals surface area contributed by atoms with Crippen molar-refractivity contribution in [1.29, 1.82) is 5.26 Å². The number of ether oxygens (including phenoxy) is 1. The Morgan fingerprint density at radius 2 is 2.13 bits per heavy atom. The minimum atomic E-state index is -2.94. The molecule has 1 fully saturated rings. The number of hydrogen-bond donors (Lipinski definition) is 1. The van der Waals surface area contributed by atoms with Crippen LogP contribution in [0.1, 0.15) is 17.7 Å². The van der Waals surface area contributed by atoms with Crippen LogP contribution in [0.3, 0.4) is 0 Å². The fraction of sp³-hybridized carbons (Fsp3) is 0.350. The summed E-state index contributed by atoms with van der Waals surface area (Å²) in [5.74, 6) is 0.553. The average molecular weight is 416 g/mol. The molecule has 0 unspecified atom stereocenters. The summed E-state index contributed by atoms with van der Waals surface area (Å²) in [6.07, 6.45) is 0.678. The fourth-order valence-corrected chi connectivity index (χ4v) is 3.55. The summed E-state index contributed by atoms with van der Waals surface area (Å²) < 4.78 is 45.4. The van der Waals surface area contributed by atoms with Crippen molar-refractivity contribution in [2.24, 2.45) is 5.73 Å². The number of nitrogens with zero attached hydrogens (tertiary/aromatic N) is 5. The molecule has 1 aliphatic rings. The van der Waals surface area contributed by atoms with Gasteiger partial charge in [-0.25, -0.2) is 9.37 Å². The smallest absolute Gasteiger partial charge is 0.387 e. The van der Waals surface area contributed by atoms with Crippen molar-refractivity contribution in [2.45, 2.75) is 31.8 Å². The Bertz CT molecular complexity index is 1080. The van der Waals surface area contributed by atoms with Crippen molar-refractivity contribution in [3.8, 4) is 11.8 Å². The summed E-state index contributed by atoms with van der Waals surface area (Å²) in [6, 6.07) is 9.32. The van der Waals surface area contributed by atoms with Crippen LogP contribution in [-0.2, 0) is 6.54 Å².